The first kappa shape index (κ1) is 17.5. The average molecular weight is 356 g/mol. The Morgan fingerprint density at radius 2 is 1.92 bits per heavy atom. The summed E-state index contributed by atoms with van der Waals surface area (Å²) in [5.41, 5.74) is 6.18. The summed E-state index contributed by atoms with van der Waals surface area (Å²) >= 11 is 0. The van der Waals surface area contributed by atoms with Gasteiger partial charge >= 0.3 is 11.8 Å². The molecule has 1 aromatic carbocycles. The fourth-order valence-electron chi connectivity index (χ4n) is 2.29. The van der Waals surface area contributed by atoms with E-state index in [0.717, 1.165) is 5.56 Å². The molecule has 0 bridgehead atoms. The first-order valence-corrected chi connectivity index (χ1v) is 7.83. The van der Waals surface area contributed by atoms with Crippen LogP contribution in [0.1, 0.15) is 30.1 Å². The molecule has 0 aliphatic carbocycles. The molecule has 0 radical (unpaired) electrons. The van der Waals surface area contributed by atoms with Crippen LogP contribution in [0.3, 0.4) is 0 Å². The standard InChI is InChI=1S/C17H17FN6O2/c1-17(2,10-3-5-11(18)6-4-10)9-20-13-8-7-12(22-23-13)15-21-16(14(19)25)26-24-15/h3-8H,9H2,1-2H3,(H2,19,25)(H,20,23). The van der Waals surface area contributed by atoms with Gasteiger partial charge < -0.3 is 15.6 Å². The van der Waals surface area contributed by atoms with Gasteiger partial charge in [0.25, 0.3) is 0 Å². The highest BCUT2D eigenvalue weighted by atomic mass is 19.1. The van der Waals surface area contributed by atoms with Crippen molar-refractivity contribution in [2.24, 2.45) is 5.73 Å². The number of rotatable bonds is 6. The predicted molar refractivity (Wildman–Crippen MR) is 91.8 cm³/mol. The molecule has 0 saturated heterocycles. The molecule has 3 N–H and O–H groups in total. The number of hydrogen-bond acceptors (Lipinski definition) is 7. The fraction of sp³-hybridized carbons (Fsp3) is 0.235. The Balaban J connectivity index is 1.67. The summed E-state index contributed by atoms with van der Waals surface area (Å²) in [5, 5.41) is 14.9. The maximum absolute atomic E-state index is 13.1. The first-order valence-electron chi connectivity index (χ1n) is 7.83. The molecule has 0 unspecified atom stereocenters. The monoisotopic (exact) mass is 356 g/mol. The molecule has 2 heterocycles. The second kappa shape index (κ2) is 6.87. The number of halogens is 1. The minimum atomic E-state index is -0.807. The van der Waals surface area contributed by atoms with Crippen LogP contribution in [0, 0.1) is 5.82 Å². The van der Waals surface area contributed by atoms with Crippen molar-refractivity contribution in [1.29, 1.82) is 0 Å². The van der Waals surface area contributed by atoms with E-state index in [-0.39, 0.29) is 22.9 Å². The lowest BCUT2D eigenvalue weighted by atomic mass is 9.84. The molecular formula is C17H17FN6O2. The lowest BCUT2D eigenvalue weighted by molar-refractivity contribution is 0.0958. The van der Waals surface area contributed by atoms with Gasteiger partial charge in [0.15, 0.2) is 0 Å². The van der Waals surface area contributed by atoms with E-state index in [4.69, 9.17) is 10.3 Å². The zero-order valence-electron chi connectivity index (χ0n) is 14.2. The summed E-state index contributed by atoms with van der Waals surface area (Å²) in [6, 6.07) is 9.77. The molecule has 9 heteroatoms. The number of primary amides is 1. The Morgan fingerprint density at radius 1 is 1.19 bits per heavy atom. The smallest absolute Gasteiger partial charge is 0.316 e. The highest BCUT2D eigenvalue weighted by Gasteiger charge is 2.21. The van der Waals surface area contributed by atoms with Crippen LogP contribution >= 0.6 is 0 Å². The third kappa shape index (κ3) is 3.82. The molecule has 0 fully saturated rings. The van der Waals surface area contributed by atoms with E-state index in [9.17, 15) is 9.18 Å². The minimum absolute atomic E-state index is 0.129. The van der Waals surface area contributed by atoms with Gasteiger partial charge in [-0.15, -0.1) is 10.2 Å². The summed E-state index contributed by atoms with van der Waals surface area (Å²) < 4.78 is 17.8. The molecular weight excluding hydrogens is 339 g/mol. The van der Waals surface area contributed by atoms with Crippen molar-refractivity contribution in [2.75, 3.05) is 11.9 Å². The van der Waals surface area contributed by atoms with E-state index in [1.165, 1.54) is 12.1 Å². The van der Waals surface area contributed by atoms with Gasteiger partial charge in [-0.3, -0.25) is 4.79 Å². The molecule has 3 aromatic rings. The number of carbonyl (C=O) groups excluding carboxylic acids is 1. The Kier molecular flexibility index (Phi) is 4.61. The SMILES string of the molecule is CC(C)(CNc1ccc(-c2noc(C(N)=O)n2)nn1)c1ccc(F)cc1. The van der Waals surface area contributed by atoms with Crippen LogP contribution in [0.4, 0.5) is 10.2 Å². The van der Waals surface area contributed by atoms with Crippen molar-refractivity contribution < 1.29 is 13.7 Å². The van der Waals surface area contributed by atoms with Crippen LogP contribution in [0.25, 0.3) is 11.5 Å². The maximum Gasteiger partial charge on any atom is 0.316 e. The predicted octanol–water partition coefficient (Wildman–Crippen LogP) is 2.15. The number of nitrogens with one attached hydrogen (secondary N) is 1. The molecule has 134 valence electrons. The molecule has 8 nitrogen and oxygen atoms in total. The second-order valence-corrected chi connectivity index (χ2v) is 6.34. The van der Waals surface area contributed by atoms with Crippen molar-refractivity contribution in [3.05, 3.63) is 53.7 Å². The van der Waals surface area contributed by atoms with Gasteiger partial charge in [-0.05, 0) is 29.8 Å². The number of nitrogens with two attached hydrogens (primary N) is 1. The van der Waals surface area contributed by atoms with E-state index in [2.05, 4.69) is 25.7 Å². The van der Waals surface area contributed by atoms with Gasteiger partial charge in [0.2, 0.25) is 5.82 Å². The van der Waals surface area contributed by atoms with Gasteiger partial charge in [0.1, 0.15) is 17.3 Å². The molecule has 0 aliphatic heterocycles. The molecule has 0 atom stereocenters. The zero-order chi connectivity index (χ0) is 18.7. The van der Waals surface area contributed by atoms with Crippen LogP contribution in [-0.2, 0) is 5.41 Å². The zero-order valence-corrected chi connectivity index (χ0v) is 14.2. The van der Waals surface area contributed by atoms with Gasteiger partial charge in [-0.25, -0.2) is 4.39 Å². The Hall–Kier alpha value is -3.36. The normalized spacial score (nSPS) is 11.3. The second-order valence-electron chi connectivity index (χ2n) is 6.34. The Bertz CT molecular complexity index is 906. The molecule has 26 heavy (non-hydrogen) atoms. The van der Waals surface area contributed by atoms with Gasteiger partial charge in [-0.1, -0.05) is 31.1 Å². The Labute approximate surface area is 148 Å². The summed E-state index contributed by atoms with van der Waals surface area (Å²) in [5.74, 6) is -0.671. The summed E-state index contributed by atoms with van der Waals surface area (Å²) in [6.45, 7) is 4.65. The number of nitrogens with zero attached hydrogens (tertiary/aromatic N) is 4. The summed E-state index contributed by atoms with van der Waals surface area (Å²) in [4.78, 5) is 14.8. The van der Waals surface area contributed by atoms with Crippen molar-refractivity contribution in [3.8, 4) is 11.5 Å². The van der Waals surface area contributed by atoms with E-state index in [0.29, 0.717) is 18.1 Å². The van der Waals surface area contributed by atoms with Crippen LogP contribution < -0.4 is 11.1 Å². The van der Waals surface area contributed by atoms with Crippen molar-refractivity contribution in [3.63, 3.8) is 0 Å². The van der Waals surface area contributed by atoms with Gasteiger partial charge in [0, 0.05) is 12.0 Å². The average Bonchev–Trinajstić information content (AvgIpc) is 3.11. The lowest BCUT2D eigenvalue weighted by Crippen LogP contribution is -2.28. The lowest BCUT2D eigenvalue weighted by Gasteiger charge is -2.25. The van der Waals surface area contributed by atoms with Crippen LogP contribution in [-0.4, -0.2) is 32.8 Å². The van der Waals surface area contributed by atoms with E-state index < -0.39 is 5.91 Å². The third-order valence-corrected chi connectivity index (χ3v) is 3.87. The summed E-state index contributed by atoms with van der Waals surface area (Å²) in [6.07, 6.45) is 0. The molecule has 1 amide bonds. The molecule has 0 saturated carbocycles. The molecule has 0 spiro atoms. The molecule has 2 aromatic heterocycles. The quantitative estimate of drug-likeness (QED) is 0.694. The maximum atomic E-state index is 13.1. The number of hydrogen-bond donors (Lipinski definition) is 2. The third-order valence-electron chi connectivity index (χ3n) is 3.87. The van der Waals surface area contributed by atoms with Gasteiger partial charge in [-0.2, -0.15) is 4.98 Å². The van der Waals surface area contributed by atoms with E-state index in [1.807, 2.05) is 13.8 Å². The largest absolute Gasteiger partial charge is 0.368 e. The van der Waals surface area contributed by atoms with Crippen molar-refractivity contribution in [1.82, 2.24) is 20.3 Å². The van der Waals surface area contributed by atoms with Crippen LogP contribution in [0.5, 0.6) is 0 Å². The number of anilines is 1. The summed E-state index contributed by atoms with van der Waals surface area (Å²) in [7, 11) is 0. The first-order chi connectivity index (χ1) is 12.3. The minimum Gasteiger partial charge on any atom is -0.368 e. The number of amides is 1. The highest BCUT2D eigenvalue weighted by molar-refractivity contribution is 5.88. The highest BCUT2D eigenvalue weighted by Crippen LogP contribution is 2.24. The number of benzene rings is 1. The van der Waals surface area contributed by atoms with Crippen molar-refractivity contribution >= 4 is 11.7 Å². The number of carbonyl (C=O) groups is 1. The molecule has 0 aliphatic rings. The van der Waals surface area contributed by atoms with Gasteiger partial charge in [0.05, 0.1) is 0 Å². The van der Waals surface area contributed by atoms with Crippen molar-refractivity contribution in [2.45, 2.75) is 19.3 Å². The van der Waals surface area contributed by atoms with Crippen LogP contribution in [0.15, 0.2) is 40.9 Å². The van der Waals surface area contributed by atoms with E-state index >= 15 is 0 Å². The topological polar surface area (TPSA) is 120 Å². The van der Waals surface area contributed by atoms with E-state index in [1.54, 1.807) is 24.3 Å². The Morgan fingerprint density at radius 3 is 2.50 bits per heavy atom. The van der Waals surface area contributed by atoms with Crippen LogP contribution in [0.2, 0.25) is 0 Å². The fourth-order valence-corrected chi connectivity index (χ4v) is 2.29. The number of aromatic nitrogens is 4. The molecule has 3 rings (SSSR count).